The Kier molecular flexibility index (Phi) is 7.07. The van der Waals surface area contributed by atoms with Crippen LogP contribution in [0.3, 0.4) is 0 Å². The van der Waals surface area contributed by atoms with Gasteiger partial charge in [-0.15, -0.1) is 10.2 Å². The molecule has 0 aliphatic rings. The number of halogens is 1. The van der Waals surface area contributed by atoms with E-state index in [-0.39, 0.29) is 23.1 Å². The van der Waals surface area contributed by atoms with Gasteiger partial charge >= 0.3 is 0 Å². The Hall–Kier alpha value is -3.52. The van der Waals surface area contributed by atoms with E-state index in [0.717, 1.165) is 5.56 Å². The van der Waals surface area contributed by atoms with E-state index < -0.39 is 0 Å². The first-order valence-electron chi connectivity index (χ1n) is 10.9. The van der Waals surface area contributed by atoms with E-state index in [4.69, 9.17) is 0 Å². The topological polar surface area (TPSA) is 80.6 Å². The highest BCUT2D eigenvalue weighted by Crippen LogP contribution is 2.28. The predicted molar refractivity (Wildman–Crippen MR) is 131 cm³/mol. The Balaban J connectivity index is 1.60. The van der Waals surface area contributed by atoms with Crippen LogP contribution in [-0.2, 0) is 13.0 Å². The maximum atomic E-state index is 14.5. The highest BCUT2D eigenvalue weighted by molar-refractivity contribution is 7.99. The van der Waals surface area contributed by atoms with Crippen molar-refractivity contribution in [2.24, 2.45) is 0 Å². The summed E-state index contributed by atoms with van der Waals surface area (Å²) in [4.78, 5) is 27.9. The molecule has 0 atom stereocenters. The second-order valence-corrected chi connectivity index (χ2v) is 9.01. The fourth-order valence-electron chi connectivity index (χ4n) is 4.08. The molecule has 0 radical (unpaired) electrons. The van der Waals surface area contributed by atoms with Gasteiger partial charge in [-0.2, -0.15) is 0 Å². The lowest BCUT2D eigenvalue weighted by Gasteiger charge is -2.11. The van der Waals surface area contributed by atoms with Crippen molar-refractivity contribution in [3.63, 3.8) is 0 Å². The number of benzene rings is 2. The van der Waals surface area contributed by atoms with Crippen LogP contribution in [0, 0.1) is 19.7 Å². The number of nitrogens with zero attached hydrogens (tertiary/aromatic N) is 3. The van der Waals surface area contributed by atoms with Crippen molar-refractivity contribution >= 4 is 23.3 Å². The molecule has 0 aliphatic carbocycles. The molecular weight excluding hydrogens is 451 g/mol. The van der Waals surface area contributed by atoms with Gasteiger partial charge in [0, 0.05) is 17.8 Å². The molecule has 0 unspecified atom stereocenters. The summed E-state index contributed by atoms with van der Waals surface area (Å²) in [6.45, 7) is 5.59. The molecule has 2 aromatic heterocycles. The number of ketones is 2. The number of thioether (sulfide) groups is 1. The van der Waals surface area contributed by atoms with Crippen molar-refractivity contribution in [1.82, 2.24) is 19.7 Å². The minimum atomic E-state index is -0.377. The van der Waals surface area contributed by atoms with Gasteiger partial charge in [0.05, 0.1) is 17.0 Å². The molecule has 2 heterocycles. The number of aromatic nitrogens is 4. The molecule has 6 nitrogen and oxygen atoms in total. The van der Waals surface area contributed by atoms with Gasteiger partial charge in [0.25, 0.3) is 0 Å². The van der Waals surface area contributed by atoms with Crippen molar-refractivity contribution in [2.75, 3.05) is 5.75 Å². The molecule has 0 saturated carbocycles. The number of aromatic amines is 1. The number of aryl methyl sites for hydroxylation is 2. The van der Waals surface area contributed by atoms with Crippen molar-refractivity contribution in [2.45, 2.75) is 38.9 Å². The highest BCUT2D eigenvalue weighted by Gasteiger charge is 2.22. The number of nitrogens with one attached hydrogen (secondary N) is 1. The molecule has 0 aliphatic heterocycles. The minimum absolute atomic E-state index is 0.0758. The summed E-state index contributed by atoms with van der Waals surface area (Å²) >= 11 is 1.25. The minimum Gasteiger partial charge on any atom is -0.355 e. The summed E-state index contributed by atoms with van der Waals surface area (Å²) in [5, 5.41) is 9.07. The van der Waals surface area contributed by atoms with Crippen LogP contribution in [0.5, 0.6) is 0 Å². The van der Waals surface area contributed by atoms with Gasteiger partial charge in [-0.05, 0) is 50.5 Å². The van der Waals surface area contributed by atoms with Gasteiger partial charge in [0.1, 0.15) is 5.82 Å². The zero-order valence-corrected chi connectivity index (χ0v) is 20.1. The van der Waals surface area contributed by atoms with Crippen molar-refractivity contribution < 1.29 is 14.0 Å². The quantitative estimate of drug-likeness (QED) is 0.257. The second-order valence-electron chi connectivity index (χ2n) is 8.07. The Morgan fingerprint density at radius 2 is 1.74 bits per heavy atom. The van der Waals surface area contributed by atoms with Crippen LogP contribution in [0.25, 0.3) is 11.4 Å². The molecule has 0 saturated heterocycles. The first-order valence-corrected chi connectivity index (χ1v) is 11.9. The zero-order chi connectivity index (χ0) is 24.2. The van der Waals surface area contributed by atoms with E-state index in [1.807, 2.05) is 34.9 Å². The van der Waals surface area contributed by atoms with Crippen LogP contribution in [0.1, 0.15) is 44.6 Å². The van der Waals surface area contributed by atoms with E-state index in [2.05, 4.69) is 15.2 Å². The number of Topliss-reactive ketones (excluding diaryl/α,β-unsaturated/α-hetero) is 2. The molecule has 4 rings (SSSR count). The average Bonchev–Trinajstić information content (AvgIpc) is 3.36. The Morgan fingerprint density at radius 3 is 2.41 bits per heavy atom. The summed E-state index contributed by atoms with van der Waals surface area (Å²) in [6.07, 6.45) is 0.707. The zero-order valence-electron chi connectivity index (χ0n) is 19.3. The fraction of sp³-hybridized carbons (Fsp3) is 0.231. The van der Waals surface area contributed by atoms with Gasteiger partial charge in [-0.25, -0.2) is 4.39 Å². The largest absolute Gasteiger partial charge is 0.355 e. The summed E-state index contributed by atoms with van der Waals surface area (Å²) in [5.74, 6) is -0.0532. The van der Waals surface area contributed by atoms with E-state index in [1.165, 1.54) is 24.8 Å². The SMILES string of the molecule is CC(=O)c1c(C)[nH]c(C(=O)CSc2nnc(-c3ccccc3F)n2CCc2ccccc2)c1C. The first kappa shape index (κ1) is 23.6. The number of rotatable bonds is 9. The third-order valence-electron chi connectivity index (χ3n) is 5.70. The third-order valence-corrected chi connectivity index (χ3v) is 6.67. The van der Waals surface area contributed by atoms with Crippen molar-refractivity contribution in [3.8, 4) is 11.4 Å². The van der Waals surface area contributed by atoms with Crippen molar-refractivity contribution in [3.05, 3.63) is 88.5 Å². The standard InChI is InChI=1S/C26H25FN4O2S/c1-16-23(18(3)32)17(2)28-24(16)22(33)15-34-26-30-29-25(20-11-7-8-12-21(20)27)31(26)14-13-19-9-5-4-6-10-19/h4-12,28H,13-15H2,1-3H3. The summed E-state index contributed by atoms with van der Waals surface area (Å²) in [5.41, 5.74) is 3.83. The summed E-state index contributed by atoms with van der Waals surface area (Å²) in [6, 6.07) is 16.4. The van der Waals surface area contributed by atoms with Crippen LogP contribution in [0.2, 0.25) is 0 Å². The molecule has 8 heteroatoms. The van der Waals surface area contributed by atoms with Gasteiger partial charge in [0.15, 0.2) is 22.5 Å². The highest BCUT2D eigenvalue weighted by atomic mass is 32.2. The third kappa shape index (κ3) is 4.87. The molecule has 0 bridgehead atoms. The summed E-state index contributed by atoms with van der Waals surface area (Å²) in [7, 11) is 0. The number of carbonyl (C=O) groups excluding carboxylic acids is 2. The molecule has 2 aromatic carbocycles. The van der Waals surface area contributed by atoms with Crippen LogP contribution in [-0.4, -0.2) is 37.1 Å². The smallest absolute Gasteiger partial charge is 0.191 e. The second kappa shape index (κ2) is 10.2. The van der Waals surface area contributed by atoms with Crippen LogP contribution in [0.4, 0.5) is 4.39 Å². The van der Waals surface area contributed by atoms with Crippen molar-refractivity contribution in [1.29, 1.82) is 0 Å². The summed E-state index contributed by atoms with van der Waals surface area (Å²) < 4.78 is 16.4. The lowest BCUT2D eigenvalue weighted by atomic mass is 10.1. The molecular formula is C26H25FN4O2S. The lowest BCUT2D eigenvalue weighted by molar-refractivity contribution is 0.101. The molecule has 0 fully saturated rings. The maximum absolute atomic E-state index is 14.5. The molecule has 1 N–H and O–H groups in total. The molecule has 0 amide bonds. The number of carbonyl (C=O) groups is 2. The number of H-pyrrole nitrogens is 1. The lowest BCUT2D eigenvalue weighted by Crippen LogP contribution is -2.09. The van der Waals surface area contributed by atoms with E-state index in [0.29, 0.717) is 52.0 Å². The van der Waals surface area contributed by atoms with Gasteiger partial charge < -0.3 is 9.55 Å². The number of hydrogen-bond donors (Lipinski definition) is 1. The molecule has 0 spiro atoms. The molecule has 174 valence electrons. The van der Waals surface area contributed by atoms with Gasteiger partial charge in [-0.3, -0.25) is 9.59 Å². The molecule has 4 aromatic rings. The molecule has 34 heavy (non-hydrogen) atoms. The van der Waals surface area contributed by atoms with Crippen LogP contribution < -0.4 is 0 Å². The Labute approximate surface area is 201 Å². The fourth-order valence-corrected chi connectivity index (χ4v) is 4.92. The van der Waals surface area contributed by atoms with Gasteiger partial charge in [-0.1, -0.05) is 54.2 Å². The van der Waals surface area contributed by atoms with Crippen LogP contribution >= 0.6 is 11.8 Å². The Bertz CT molecular complexity index is 1340. The predicted octanol–water partition coefficient (Wildman–Crippen LogP) is 5.45. The first-order chi connectivity index (χ1) is 16.4. The normalized spacial score (nSPS) is 11.1. The number of hydrogen-bond acceptors (Lipinski definition) is 5. The monoisotopic (exact) mass is 476 g/mol. The van der Waals surface area contributed by atoms with E-state index in [1.54, 1.807) is 32.0 Å². The van der Waals surface area contributed by atoms with Gasteiger partial charge in [0.2, 0.25) is 0 Å². The average molecular weight is 477 g/mol. The van der Waals surface area contributed by atoms with E-state index in [9.17, 15) is 14.0 Å². The van der Waals surface area contributed by atoms with Crippen LogP contribution in [0.15, 0.2) is 59.8 Å². The maximum Gasteiger partial charge on any atom is 0.191 e. The van der Waals surface area contributed by atoms with E-state index >= 15 is 0 Å². The Morgan fingerprint density at radius 1 is 1.03 bits per heavy atom.